The lowest BCUT2D eigenvalue weighted by molar-refractivity contribution is -0.0283. The number of nitrogens with one attached hydrogen (secondary N) is 1. The number of carbonyl (C=O) groups is 1. The molecule has 1 aliphatic rings. The van der Waals surface area contributed by atoms with Gasteiger partial charge in [0.25, 0.3) is 5.91 Å². The van der Waals surface area contributed by atoms with Gasteiger partial charge >= 0.3 is 0 Å². The van der Waals surface area contributed by atoms with Crippen molar-refractivity contribution in [2.75, 3.05) is 19.6 Å². The molecule has 0 bridgehead atoms. The molecule has 6 nitrogen and oxygen atoms in total. The highest BCUT2D eigenvalue weighted by Gasteiger charge is 2.34. The molecule has 1 aliphatic heterocycles. The highest BCUT2D eigenvalue weighted by atomic mass is 32.1. The summed E-state index contributed by atoms with van der Waals surface area (Å²) in [6.07, 6.45) is 2.60. The van der Waals surface area contributed by atoms with E-state index < -0.39 is 5.60 Å². The predicted molar refractivity (Wildman–Crippen MR) is 136 cm³/mol. The number of rotatable bonds is 7. The molecule has 1 fully saturated rings. The Morgan fingerprint density at radius 3 is 2.79 bits per heavy atom. The lowest BCUT2D eigenvalue weighted by Gasteiger charge is -2.39. The van der Waals surface area contributed by atoms with Gasteiger partial charge in [-0.3, -0.25) is 4.79 Å². The third-order valence-corrected chi connectivity index (χ3v) is 8.00. The van der Waals surface area contributed by atoms with Crippen LogP contribution in [-0.2, 0) is 12.1 Å². The van der Waals surface area contributed by atoms with Crippen molar-refractivity contribution in [3.8, 4) is 0 Å². The number of furan rings is 1. The van der Waals surface area contributed by atoms with Crippen molar-refractivity contribution in [1.29, 1.82) is 0 Å². The van der Waals surface area contributed by atoms with Crippen LogP contribution in [0.4, 0.5) is 0 Å². The third-order valence-electron chi connectivity index (χ3n) is 6.97. The number of aromatic nitrogens is 1. The number of aliphatic hydroxyl groups is 1. The molecule has 2 aromatic heterocycles. The number of piperidine rings is 1. The number of fused-ring (bicyclic) bond motifs is 2. The van der Waals surface area contributed by atoms with E-state index in [0.29, 0.717) is 30.9 Å². The molecule has 0 saturated carbocycles. The standard InChI is InChI=1S/C27H31N3O3S/c1-3-18(2)17-30-12-10-27(32,11-13-30)20-8-9-22-19(14-20)15-23(33-22)26(31)28-16-25-29-21-6-4-5-7-24(21)34-25/h4-9,14-15,18,32H,3,10-13,16-17H2,1-2H3,(H,28,31)/t18-/m0/s1. The van der Waals surface area contributed by atoms with Crippen LogP contribution in [0.25, 0.3) is 21.2 Å². The maximum atomic E-state index is 12.7. The van der Waals surface area contributed by atoms with Crippen LogP contribution in [0.3, 0.4) is 0 Å². The fourth-order valence-electron chi connectivity index (χ4n) is 4.65. The molecular weight excluding hydrogens is 446 g/mol. The van der Waals surface area contributed by atoms with Gasteiger partial charge in [-0.05, 0) is 54.7 Å². The van der Waals surface area contributed by atoms with Gasteiger partial charge < -0.3 is 19.7 Å². The summed E-state index contributed by atoms with van der Waals surface area (Å²) in [6.45, 7) is 7.73. The molecule has 1 saturated heterocycles. The first-order valence-electron chi connectivity index (χ1n) is 12.0. The zero-order valence-corrected chi connectivity index (χ0v) is 20.5. The summed E-state index contributed by atoms with van der Waals surface area (Å²) in [5, 5.41) is 16.0. The molecule has 5 rings (SSSR count). The van der Waals surface area contributed by atoms with E-state index in [-0.39, 0.29) is 11.7 Å². The van der Waals surface area contributed by atoms with Crippen LogP contribution in [-0.4, -0.2) is 40.5 Å². The van der Waals surface area contributed by atoms with Crippen molar-refractivity contribution in [2.45, 2.75) is 45.3 Å². The Morgan fingerprint density at radius 2 is 2.03 bits per heavy atom. The summed E-state index contributed by atoms with van der Waals surface area (Å²) in [4.78, 5) is 19.7. The van der Waals surface area contributed by atoms with Gasteiger partial charge in [-0.15, -0.1) is 11.3 Å². The van der Waals surface area contributed by atoms with E-state index in [4.69, 9.17) is 4.42 Å². The van der Waals surface area contributed by atoms with Crippen LogP contribution in [0, 0.1) is 5.92 Å². The Balaban J connectivity index is 1.25. The number of hydrogen-bond donors (Lipinski definition) is 2. The molecule has 0 aliphatic carbocycles. The molecule has 1 amide bonds. The smallest absolute Gasteiger partial charge is 0.287 e. The third kappa shape index (κ3) is 4.73. The number of amides is 1. The molecule has 2 aromatic carbocycles. The van der Waals surface area contributed by atoms with Crippen molar-refractivity contribution in [2.24, 2.45) is 5.92 Å². The lowest BCUT2D eigenvalue weighted by Crippen LogP contribution is -2.43. The van der Waals surface area contributed by atoms with Crippen LogP contribution >= 0.6 is 11.3 Å². The number of hydrogen-bond acceptors (Lipinski definition) is 6. The molecule has 0 radical (unpaired) electrons. The minimum absolute atomic E-state index is 0.267. The molecule has 4 aromatic rings. The molecule has 2 N–H and O–H groups in total. The molecule has 0 unspecified atom stereocenters. The van der Waals surface area contributed by atoms with Gasteiger partial charge in [0.05, 0.1) is 22.4 Å². The van der Waals surface area contributed by atoms with E-state index in [1.165, 1.54) is 6.42 Å². The van der Waals surface area contributed by atoms with Crippen molar-refractivity contribution in [1.82, 2.24) is 15.2 Å². The summed E-state index contributed by atoms with van der Waals surface area (Å²) in [6, 6.07) is 15.5. The topological polar surface area (TPSA) is 78.6 Å². The van der Waals surface area contributed by atoms with Gasteiger partial charge in [0.1, 0.15) is 10.6 Å². The fourth-order valence-corrected chi connectivity index (χ4v) is 5.55. The molecule has 34 heavy (non-hydrogen) atoms. The zero-order valence-electron chi connectivity index (χ0n) is 19.7. The Labute approximate surface area is 203 Å². The van der Waals surface area contributed by atoms with Crippen LogP contribution in [0.2, 0.25) is 0 Å². The van der Waals surface area contributed by atoms with Crippen LogP contribution in [0.5, 0.6) is 0 Å². The zero-order chi connectivity index (χ0) is 23.7. The predicted octanol–water partition coefficient (Wildman–Crippen LogP) is 5.30. The van der Waals surface area contributed by atoms with Crippen LogP contribution in [0.1, 0.15) is 54.2 Å². The van der Waals surface area contributed by atoms with Gasteiger partial charge in [0.2, 0.25) is 0 Å². The number of benzene rings is 2. The van der Waals surface area contributed by atoms with E-state index in [2.05, 4.69) is 29.0 Å². The summed E-state index contributed by atoms with van der Waals surface area (Å²) < 4.78 is 6.91. The number of para-hydroxylation sites is 1. The second-order valence-electron chi connectivity index (χ2n) is 9.47. The van der Waals surface area contributed by atoms with Gasteiger partial charge in [0, 0.05) is 25.0 Å². The number of likely N-dealkylation sites (tertiary alicyclic amines) is 1. The minimum atomic E-state index is -0.841. The Kier molecular flexibility index (Phi) is 6.42. The SMILES string of the molecule is CC[C@H](C)CN1CCC(O)(c2ccc3oc(C(=O)NCc4nc5ccccc5s4)cc3c2)CC1. The second kappa shape index (κ2) is 9.49. The summed E-state index contributed by atoms with van der Waals surface area (Å²) in [5.41, 5.74) is 1.64. The van der Waals surface area contributed by atoms with Crippen molar-refractivity contribution in [3.05, 3.63) is 64.9 Å². The average molecular weight is 478 g/mol. The highest BCUT2D eigenvalue weighted by Crippen LogP contribution is 2.35. The maximum absolute atomic E-state index is 12.7. The molecular formula is C27H31N3O3S. The van der Waals surface area contributed by atoms with E-state index in [1.54, 1.807) is 17.4 Å². The van der Waals surface area contributed by atoms with Gasteiger partial charge in [-0.2, -0.15) is 0 Å². The fraction of sp³-hybridized carbons (Fsp3) is 0.407. The van der Waals surface area contributed by atoms with Crippen LogP contribution < -0.4 is 5.32 Å². The summed E-state index contributed by atoms with van der Waals surface area (Å²) in [7, 11) is 0. The number of nitrogens with zero attached hydrogens (tertiary/aromatic N) is 2. The molecule has 1 atom stereocenters. The maximum Gasteiger partial charge on any atom is 0.287 e. The van der Waals surface area contributed by atoms with E-state index >= 15 is 0 Å². The van der Waals surface area contributed by atoms with Gasteiger partial charge in [0.15, 0.2) is 5.76 Å². The van der Waals surface area contributed by atoms with Crippen molar-refractivity contribution < 1.29 is 14.3 Å². The largest absolute Gasteiger partial charge is 0.451 e. The summed E-state index contributed by atoms with van der Waals surface area (Å²) in [5.74, 6) is 0.672. The Hall–Kier alpha value is -2.74. The van der Waals surface area contributed by atoms with E-state index in [0.717, 1.165) is 45.8 Å². The number of thiazole rings is 1. The Bertz CT molecular complexity index is 1270. The second-order valence-corrected chi connectivity index (χ2v) is 10.6. The average Bonchev–Trinajstić information content (AvgIpc) is 3.47. The molecule has 178 valence electrons. The highest BCUT2D eigenvalue weighted by molar-refractivity contribution is 7.18. The van der Waals surface area contributed by atoms with Gasteiger partial charge in [-0.1, -0.05) is 38.5 Å². The van der Waals surface area contributed by atoms with E-state index in [1.807, 2.05) is 42.5 Å². The quantitative estimate of drug-likeness (QED) is 0.378. The molecule has 3 heterocycles. The minimum Gasteiger partial charge on any atom is -0.451 e. The first-order valence-corrected chi connectivity index (χ1v) is 12.9. The molecule has 0 spiro atoms. The van der Waals surface area contributed by atoms with Crippen molar-refractivity contribution >= 4 is 38.4 Å². The van der Waals surface area contributed by atoms with E-state index in [9.17, 15) is 9.90 Å². The molecule has 7 heteroatoms. The lowest BCUT2D eigenvalue weighted by atomic mass is 9.84. The Morgan fingerprint density at radius 1 is 1.24 bits per heavy atom. The monoisotopic (exact) mass is 477 g/mol. The summed E-state index contributed by atoms with van der Waals surface area (Å²) >= 11 is 1.57. The normalized spacial score (nSPS) is 17.3. The first-order chi connectivity index (χ1) is 16.4. The van der Waals surface area contributed by atoms with Crippen molar-refractivity contribution in [3.63, 3.8) is 0 Å². The van der Waals surface area contributed by atoms with Crippen LogP contribution in [0.15, 0.2) is 52.9 Å². The van der Waals surface area contributed by atoms with Gasteiger partial charge in [-0.25, -0.2) is 4.98 Å². The first kappa shape index (κ1) is 23.0. The number of carbonyl (C=O) groups excluding carboxylic acids is 1.